The highest BCUT2D eigenvalue weighted by Crippen LogP contribution is 2.36. The number of anilines is 1. The van der Waals surface area contributed by atoms with E-state index in [0.29, 0.717) is 16.6 Å². The lowest BCUT2D eigenvalue weighted by Crippen LogP contribution is -2.11. The summed E-state index contributed by atoms with van der Waals surface area (Å²) in [6.07, 6.45) is 0. The summed E-state index contributed by atoms with van der Waals surface area (Å²) < 4.78 is 15.5. The Hall–Kier alpha value is -2.87. The third-order valence-corrected chi connectivity index (χ3v) is 4.01. The van der Waals surface area contributed by atoms with Crippen molar-refractivity contribution in [2.45, 2.75) is 6.92 Å². The number of ether oxygens (including phenoxy) is 2. The van der Waals surface area contributed by atoms with Gasteiger partial charge in [-0.25, -0.2) is 4.98 Å². The van der Waals surface area contributed by atoms with Crippen LogP contribution in [0, 0.1) is 6.92 Å². The number of carbonyl (C=O) groups is 1. The predicted octanol–water partition coefficient (Wildman–Crippen LogP) is 3.09. The van der Waals surface area contributed by atoms with Gasteiger partial charge in [-0.15, -0.1) is 11.3 Å². The minimum absolute atomic E-state index is 0.224. The fourth-order valence-electron chi connectivity index (χ4n) is 2.15. The normalized spacial score (nSPS) is 12.4. The molecule has 1 N–H and O–H groups in total. The first kappa shape index (κ1) is 13.8. The van der Waals surface area contributed by atoms with Crippen LogP contribution in [-0.2, 0) is 0 Å². The second-order valence-electron chi connectivity index (χ2n) is 4.88. The summed E-state index contributed by atoms with van der Waals surface area (Å²) in [5, 5.41) is 8.73. The smallest absolute Gasteiger partial charge is 0.279 e. The fraction of sp³-hybridized carbons (Fsp3) is 0.133. The average molecular weight is 329 g/mol. The van der Waals surface area contributed by atoms with Crippen LogP contribution in [-0.4, -0.2) is 22.8 Å². The van der Waals surface area contributed by atoms with Crippen LogP contribution in [0.3, 0.4) is 0 Å². The molecule has 8 heteroatoms. The van der Waals surface area contributed by atoms with Crippen molar-refractivity contribution in [1.29, 1.82) is 0 Å². The third-order valence-electron chi connectivity index (χ3n) is 3.25. The maximum atomic E-state index is 12.0. The van der Waals surface area contributed by atoms with Gasteiger partial charge in [0.2, 0.25) is 6.79 Å². The second kappa shape index (κ2) is 5.40. The zero-order valence-corrected chi connectivity index (χ0v) is 12.8. The Balaban J connectivity index is 1.54. The average Bonchev–Trinajstić information content (AvgIpc) is 3.26. The highest BCUT2D eigenvalue weighted by molar-refractivity contribution is 7.14. The lowest BCUT2D eigenvalue weighted by atomic mass is 10.1. The minimum Gasteiger partial charge on any atom is -0.454 e. The monoisotopic (exact) mass is 329 g/mol. The van der Waals surface area contributed by atoms with Crippen LogP contribution in [0.5, 0.6) is 11.5 Å². The lowest BCUT2D eigenvalue weighted by Gasteiger charge is -2.00. The lowest BCUT2D eigenvalue weighted by molar-refractivity contribution is 0.101. The Morgan fingerprint density at radius 1 is 1.26 bits per heavy atom. The van der Waals surface area contributed by atoms with E-state index in [9.17, 15) is 4.79 Å². The van der Waals surface area contributed by atoms with Gasteiger partial charge in [0.25, 0.3) is 5.91 Å². The Kier molecular flexibility index (Phi) is 3.23. The standard InChI is InChI=1S/C15H11N3O4S/c1-8-4-10(18-22-8)14(19)17-15-16-11(6-23-15)9-2-3-12-13(5-9)21-7-20-12/h2-6H,7H2,1H3,(H,16,17,19). The maximum absolute atomic E-state index is 12.0. The van der Waals surface area contributed by atoms with Gasteiger partial charge in [0, 0.05) is 17.0 Å². The molecule has 0 saturated heterocycles. The first-order valence-corrected chi connectivity index (χ1v) is 7.67. The molecule has 0 aliphatic carbocycles. The zero-order valence-electron chi connectivity index (χ0n) is 12.0. The van der Waals surface area contributed by atoms with E-state index >= 15 is 0 Å². The quantitative estimate of drug-likeness (QED) is 0.794. The fourth-order valence-corrected chi connectivity index (χ4v) is 2.87. The van der Waals surface area contributed by atoms with Gasteiger partial charge in [-0.3, -0.25) is 10.1 Å². The molecule has 4 rings (SSSR count). The molecule has 1 aliphatic rings. The molecule has 0 radical (unpaired) electrons. The number of nitrogens with zero attached hydrogens (tertiary/aromatic N) is 2. The van der Waals surface area contributed by atoms with E-state index in [1.54, 1.807) is 13.0 Å². The van der Waals surface area contributed by atoms with Crippen molar-refractivity contribution in [3.8, 4) is 22.8 Å². The van der Waals surface area contributed by atoms with Gasteiger partial charge in [-0.1, -0.05) is 5.16 Å². The van der Waals surface area contributed by atoms with Crippen molar-refractivity contribution < 1.29 is 18.8 Å². The van der Waals surface area contributed by atoms with Crippen LogP contribution < -0.4 is 14.8 Å². The molecular weight excluding hydrogens is 318 g/mol. The van der Waals surface area contributed by atoms with Gasteiger partial charge in [-0.05, 0) is 25.1 Å². The first-order chi connectivity index (χ1) is 11.2. The van der Waals surface area contributed by atoms with Crippen LogP contribution in [0.25, 0.3) is 11.3 Å². The number of rotatable bonds is 3. The van der Waals surface area contributed by atoms with Gasteiger partial charge in [0.1, 0.15) is 5.76 Å². The maximum Gasteiger partial charge on any atom is 0.279 e. The van der Waals surface area contributed by atoms with Gasteiger partial charge >= 0.3 is 0 Å². The van der Waals surface area contributed by atoms with Crippen molar-refractivity contribution in [2.75, 3.05) is 12.1 Å². The van der Waals surface area contributed by atoms with Gasteiger partial charge in [0.15, 0.2) is 22.3 Å². The Bertz CT molecular complexity index is 886. The molecule has 0 saturated carbocycles. The number of aromatic nitrogens is 2. The van der Waals surface area contributed by atoms with Crippen LogP contribution in [0.1, 0.15) is 16.2 Å². The number of fused-ring (bicyclic) bond motifs is 1. The minimum atomic E-state index is -0.353. The van der Waals surface area contributed by atoms with E-state index in [1.807, 2.05) is 23.6 Å². The molecule has 0 spiro atoms. The van der Waals surface area contributed by atoms with Crippen molar-refractivity contribution in [2.24, 2.45) is 0 Å². The molecular formula is C15H11N3O4S. The van der Waals surface area contributed by atoms with Crippen molar-refractivity contribution >= 4 is 22.4 Å². The van der Waals surface area contributed by atoms with Crippen molar-refractivity contribution in [3.05, 3.63) is 41.1 Å². The molecule has 0 fully saturated rings. The number of aryl methyl sites for hydroxylation is 1. The summed E-state index contributed by atoms with van der Waals surface area (Å²) in [6, 6.07) is 7.17. The Morgan fingerprint density at radius 2 is 2.13 bits per heavy atom. The molecule has 1 amide bonds. The van der Waals surface area contributed by atoms with Crippen LogP contribution in [0.4, 0.5) is 5.13 Å². The predicted molar refractivity (Wildman–Crippen MR) is 82.9 cm³/mol. The van der Waals surface area contributed by atoms with Gasteiger partial charge in [0.05, 0.1) is 5.69 Å². The van der Waals surface area contributed by atoms with E-state index < -0.39 is 0 Å². The number of hydrogen-bond donors (Lipinski definition) is 1. The number of carbonyl (C=O) groups excluding carboxylic acids is 1. The van der Waals surface area contributed by atoms with E-state index in [2.05, 4.69) is 15.5 Å². The summed E-state index contributed by atoms with van der Waals surface area (Å²) in [5.41, 5.74) is 1.87. The number of nitrogens with one attached hydrogen (secondary N) is 1. The Labute approximate surface area is 134 Å². The summed E-state index contributed by atoms with van der Waals surface area (Å²) in [5.74, 6) is 1.64. The van der Waals surface area contributed by atoms with Crippen molar-refractivity contribution in [1.82, 2.24) is 10.1 Å². The van der Waals surface area contributed by atoms with Gasteiger partial charge in [-0.2, -0.15) is 0 Å². The Morgan fingerprint density at radius 3 is 2.96 bits per heavy atom. The van der Waals surface area contributed by atoms with E-state index in [4.69, 9.17) is 14.0 Å². The topological polar surface area (TPSA) is 86.5 Å². The number of thiazole rings is 1. The highest BCUT2D eigenvalue weighted by Gasteiger charge is 2.16. The number of benzene rings is 1. The summed E-state index contributed by atoms with van der Waals surface area (Å²) >= 11 is 1.33. The SMILES string of the molecule is Cc1cc(C(=O)Nc2nc(-c3ccc4c(c3)OCO4)cs2)no1. The van der Waals surface area contributed by atoms with Crippen LogP contribution in [0.15, 0.2) is 34.2 Å². The molecule has 3 heterocycles. The summed E-state index contributed by atoms with van der Waals surface area (Å²) in [4.78, 5) is 16.4. The summed E-state index contributed by atoms with van der Waals surface area (Å²) in [7, 11) is 0. The molecule has 2 aromatic heterocycles. The van der Waals surface area contributed by atoms with E-state index in [-0.39, 0.29) is 18.4 Å². The van der Waals surface area contributed by atoms with E-state index in [1.165, 1.54) is 11.3 Å². The number of hydrogen-bond acceptors (Lipinski definition) is 7. The molecule has 23 heavy (non-hydrogen) atoms. The molecule has 0 atom stereocenters. The zero-order chi connectivity index (χ0) is 15.8. The molecule has 0 bridgehead atoms. The molecule has 1 aromatic carbocycles. The molecule has 0 unspecified atom stereocenters. The van der Waals surface area contributed by atoms with Crippen LogP contribution >= 0.6 is 11.3 Å². The van der Waals surface area contributed by atoms with Gasteiger partial charge < -0.3 is 14.0 Å². The van der Waals surface area contributed by atoms with Crippen molar-refractivity contribution in [3.63, 3.8) is 0 Å². The number of amides is 1. The third kappa shape index (κ3) is 2.64. The van der Waals surface area contributed by atoms with E-state index in [0.717, 1.165) is 17.0 Å². The largest absolute Gasteiger partial charge is 0.454 e. The molecule has 3 aromatic rings. The summed E-state index contributed by atoms with van der Waals surface area (Å²) in [6.45, 7) is 1.96. The van der Waals surface area contributed by atoms with Crippen LogP contribution in [0.2, 0.25) is 0 Å². The molecule has 1 aliphatic heterocycles. The second-order valence-corrected chi connectivity index (χ2v) is 5.74. The molecule has 7 nitrogen and oxygen atoms in total. The first-order valence-electron chi connectivity index (χ1n) is 6.79. The highest BCUT2D eigenvalue weighted by atomic mass is 32.1. The molecule has 116 valence electrons.